The zero-order valence-corrected chi connectivity index (χ0v) is 32.2. The summed E-state index contributed by atoms with van der Waals surface area (Å²) in [6, 6.07) is 27.1. The van der Waals surface area contributed by atoms with E-state index in [-0.39, 0.29) is 37.9 Å². The van der Waals surface area contributed by atoms with Crippen molar-refractivity contribution in [3.05, 3.63) is 149 Å². The Morgan fingerprint density at radius 2 is 1.47 bits per heavy atom. The third-order valence-electron chi connectivity index (χ3n) is 9.31. The van der Waals surface area contributed by atoms with Crippen LogP contribution in [0.25, 0.3) is 27.8 Å². The molecule has 5 nitrogen and oxygen atoms in total. The van der Waals surface area contributed by atoms with Crippen LogP contribution in [0.1, 0.15) is 79.0 Å². The van der Waals surface area contributed by atoms with Crippen LogP contribution in [0.5, 0.6) is 0 Å². The van der Waals surface area contributed by atoms with Crippen LogP contribution in [0.3, 0.4) is 0 Å². The maximum absolute atomic E-state index is 17.3. The number of nitrogens with zero attached hydrogens (tertiary/aromatic N) is 5. The Morgan fingerprint density at radius 1 is 0.755 bits per heavy atom. The molecular weight excluding hydrogens is 844 g/mol. The molecule has 8 heteroatoms. The Bertz CT molecular complexity index is 2950. The summed E-state index contributed by atoms with van der Waals surface area (Å²) >= 11 is 0. The van der Waals surface area contributed by atoms with Gasteiger partial charge >= 0.3 is 27.1 Å². The molecule has 0 radical (unpaired) electrons. The first-order valence-electron chi connectivity index (χ1n) is 20.4. The van der Waals surface area contributed by atoms with E-state index in [2.05, 4.69) is 48.9 Å². The van der Waals surface area contributed by atoms with Crippen molar-refractivity contribution in [2.45, 2.75) is 65.1 Å². The molecule has 0 aliphatic carbocycles. The Morgan fingerprint density at radius 3 is 2.17 bits per heavy atom. The molecule has 0 fully saturated rings. The third kappa shape index (κ3) is 6.37. The smallest absolute Gasteiger partial charge is 0.318 e. The molecule has 7 aromatic rings. The summed E-state index contributed by atoms with van der Waals surface area (Å²) in [6.07, 6.45) is 3.37. The van der Waals surface area contributed by atoms with E-state index in [1.165, 1.54) is 21.3 Å². The molecule has 53 heavy (non-hydrogen) atoms. The van der Waals surface area contributed by atoms with Crippen molar-refractivity contribution >= 4 is 50.7 Å². The molecule has 1 aliphatic rings. The number of hydrogen-bond donors (Lipinski definition) is 0. The first-order chi connectivity index (χ1) is 27.6. The van der Waals surface area contributed by atoms with Crippen LogP contribution in [-0.2, 0) is 37.8 Å². The third-order valence-corrected chi connectivity index (χ3v) is 9.31. The maximum atomic E-state index is 17.3. The van der Waals surface area contributed by atoms with Crippen LogP contribution in [0.2, 0.25) is 0 Å². The summed E-state index contributed by atoms with van der Waals surface area (Å²) in [5, 5.41) is 0.635. The van der Waals surface area contributed by atoms with Crippen molar-refractivity contribution < 1.29 is 39.4 Å². The van der Waals surface area contributed by atoms with Gasteiger partial charge in [-0.25, -0.2) is 13.8 Å². The molecule has 4 heterocycles. The number of fused-ring (bicyclic) bond motifs is 4. The quantitative estimate of drug-likeness (QED) is 0.128. The van der Waals surface area contributed by atoms with Gasteiger partial charge < -0.3 is 4.57 Å². The van der Waals surface area contributed by atoms with Crippen LogP contribution in [0, 0.1) is 19.0 Å². The summed E-state index contributed by atoms with van der Waals surface area (Å²) in [5.41, 5.74) is 1.70. The number of halogens is 2. The summed E-state index contributed by atoms with van der Waals surface area (Å²) in [6.45, 7) is 9.10. The average Bonchev–Trinajstić information content (AvgIpc) is 3.72. The fourth-order valence-electron chi connectivity index (χ4n) is 6.43. The molecular formula is C45H39F2N5Pt+2. The predicted octanol–water partition coefficient (Wildman–Crippen LogP) is 11.1. The van der Waals surface area contributed by atoms with Gasteiger partial charge in [0, 0.05) is 46.2 Å². The van der Waals surface area contributed by atoms with Gasteiger partial charge in [0.1, 0.15) is 11.5 Å². The van der Waals surface area contributed by atoms with Gasteiger partial charge in [0.25, 0.3) is 17.3 Å². The molecule has 4 aromatic carbocycles. The summed E-state index contributed by atoms with van der Waals surface area (Å²) in [5.74, 6) is -3.09. The molecule has 0 spiro atoms. The molecule has 8 rings (SSSR count). The second kappa shape index (κ2) is 13.1. The van der Waals surface area contributed by atoms with E-state index >= 15 is 8.78 Å². The molecule has 1 aliphatic heterocycles. The number of pyridine rings is 2. The minimum Gasteiger partial charge on any atom is -0.318 e. The molecule has 0 atom stereocenters. The number of alkyl halides is 2. The first kappa shape index (κ1) is 28.4. The Balaban J connectivity index is 0.00000544. The predicted molar refractivity (Wildman–Crippen MR) is 206 cm³/mol. The van der Waals surface area contributed by atoms with E-state index in [9.17, 15) is 0 Å². The van der Waals surface area contributed by atoms with Crippen LogP contribution < -0.4 is 9.15 Å². The van der Waals surface area contributed by atoms with Crippen molar-refractivity contribution in [2.75, 3.05) is 0 Å². The van der Waals surface area contributed by atoms with Crippen LogP contribution in [0.4, 0.5) is 31.5 Å². The summed E-state index contributed by atoms with van der Waals surface area (Å²) < 4.78 is 97.5. The number of rotatable bonds is 5. The Labute approximate surface area is 333 Å². The molecule has 0 saturated carbocycles. The largest absolute Gasteiger partial charge is 2.00 e. The number of aromatic nitrogens is 3. The van der Waals surface area contributed by atoms with E-state index in [4.69, 9.17) is 9.60 Å². The standard InChI is InChI=1S/C45H39F2N5.Pt/c1-29-14-17-34(18-15-29)50-28-51(38-12-9-8-11-37(38)50)35-24-32(44(5,6)7)23-33(25-35)45(46,47)31-16-19-36-40(26-31)52(39-13-10-21-49-42(36)39)41-27-30(20-22-48-41)43(2,3)4;/h8-24,27H,1-7H3;/q;+2/i1D3,14D,15D,17D,18D;. The molecule has 0 N–H and O–H groups in total. The van der Waals surface area contributed by atoms with E-state index in [1.807, 2.05) is 43.5 Å². The van der Waals surface area contributed by atoms with Crippen molar-refractivity contribution in [3.8, 4) is 5.82 Å². The average molecular weight is 890 g/mol. The van der Waals surface area contributed by atoms with Gasteiger partial charge in [0.15, 0.2) is 0 Å². The molecule has 0 amide bonds. The summed E-state index contributed by atoms with van der Waals surface area (Å²) in [7, 11) is 0. The number of para-hydroxylation sites is 2. The van der Waals surface area contributed by atoms with Gasteiger partial charge in [-0.3, -0.25) is 4.98 Å². The minimum atomic E-state index is -3.63. The zero-order valence-electron chi connectivity index (χ0n) is 36.9. The number of benzene rings is 4. The van der Waals surface area contributed by atoms with E-state index in [1.54, 1.807) is 54.9 Å². The monoisotopic (exact) mass is 889 g/mol. The molecule has 0 unspecified atom stereocenters. The van der Waals surface area contributed by atoms with E-state index in [0.29, 0.717) is 44.7 Å². The van der Waals surface area contributed by atoms with Gasteiger partial charge in [-0.1, -0.05) is 110 Å². The van der Waals surface area contributed by atoms with Crippen LogP contribution in [0.15, 0.2) is 109 Å². The first-order valence-corrected chi connectivity index (χ1v) is 16.9. The SMILES string of the molecule is [2H]c1c([2H])c(C([2H])([2H])[2H])c([2H])c([2H])c1[N+]1=C=[N+](c2[c-]c(C(F)(F)c3[c-]c4c(cc3)c3ncccc3n4-c3cc(C(C)(C)C)ccn3)cc(C(C)(C)C)c2)c2ccccc21.[Pt+2]. The molecule has 0 bridgehead atoms. The number of hydrogen-bond acceptors (Lipinski definition) is 2. The van der Waals surface area contributed by atoms with E-state index < -0.39 is 59.0 Å². The van der Waals surface area contributed by atoms with Crippen molar-refractivity contribution in [1.29, 1.82) is 0 Å². The fraction of sp³-hybridized carbons (Fsp3) is 0.222. The van der Waals surface area contributed by atoms with Gasteiger partial charge in [-0.05, 0) is 52.1 Å². The van der Waals surface area contributed by atoms with Crippen molar-refractivity contribution in [2.24, 2.45) is 0 Å². The second-order valence-corrected chi connectivity index (χ2v) is 15.0. The van der Waals surface area contributed by atoms with Crippen molar-refractivity contribution in [1.82, 2.24) is 23.7 Å². The fourth-order valence-corrected chi connectivity index (χ4v) is 6.43. The Hall–Kier alpha value is -5.09. The summed E-state index contributed by atoms with van der Waals surface area (Å²) in [4.78, 5) is 9.26. The molecule has 3 aromatic heterocycles. The topological polar surface area (TPSA) is 36.7 Å². The molecule has 0 saturated heterocycles. The van der Waals surface area contributed by atoms with Gasteiger partial charge in [-0.2, -0.15) is 18.2 Å². The van der Waals surface area contributed by atoms with Gasteiger partial charge in [-0.15, -0.1) is 11.6 Å². The second-order valence-electron chi connectivity index (χ2n) is 15.0. The maximum Gasteiger partial charge on any atom is 2.00 e. The van der Waals surface area contributed by atoms with Crippen LogP contribution in [-0.4, -0.2) is 20.5 Å². The van der Waals surface area contributed by atoms with Crippen LogP contribution >= 0.6 is 0 Å². The van der Waals surface area contributed by atoms with Gasteiger partial charge in [0.2, 0.25) is 5.69 Å². The minimum absolute atomic E-state index is 0. The van der Waals surface area contributed by atoms with Gasteiger partial charge in [0.05, 0.1) is 11.0 Å². The van der Waals surface area contributed by atoms with E-state index in [0.717, 1.165) is 5.56 Å². The molecule has 266 valence electrons. The zero-order chi connectivity index (χ0) is 42.6. The normalized spacial score (nSPS) is 15.3. The van der Waals surface area contributed by atoms with Crippen molar-refractivity contribution in [3.63, 3.8) is 0 Å². The Kier molecular flexibility index (Phi) is 7.02.